The maximum absolute atomic E-state index is 13.7. The Morgan fingerprint density at radius 3 is 2.43 bits per heavy atom. The van der Waals surface area contributed by atoms with Gasteiger partial charge in [-0.05, 0) is 98.4 Å². The molecule has 0 bridgehead atoms. The number of sulfonamides is 1. The van der Waals surface area contributed by atoms with Gasteiger partial charge >= 0.3 is 0 Å². The monoisotopic (exact) mass is 684 g/mol. The average Bonchev–Trinajstić information content (AvgIpc) is 3.89. The van der Waals surface area contributed by atoms with Crippen LogP contribution >= 0.6 is 0 Å². The third kappa shape index (κ3) is 7.53. The van der Waals surface area contributed by atoms with Crippen LogP contribution in [0.2, 0.25) is 0 Å². The maximum Gasteiger partial charge on any atom is 0.243 e. The summed E-state index contributed by atoms with van der Waals surface area (Å²) >= 11 is 0. The minimum atomic E-state index is -3.73. The fourth-order valence-electron chi connectivity index (χ4n) is 6.66. The van der Waals surface area contributed by atoms with E-state index in [0.29, 0.717) is 75.4 Å². The number of rotatable bonds is 13. The molecule has 0 radical (unpaired) electrons. The second-order valence-corrected chi connectivity index (χ2v) is 17.2. The van der Waals surface area contributed by atoms with Crippen LogP contribution in [0.25, 0.3) is 11.1 Å². The standard InChI is InChI=1S/C35H44N2O8S2/c1-43-34-14-13-32(20-33(34)27-8-5-25(22-36)6-9-27)47(41,42)37-17-15-35(16-18-37)21-26(23-45-35)7-10-28(38)24-44-29-3-2-4-31(19-29)46(39,40)30-11-12-30/h2-6,8-9,13-14,19-20,26,28,30,38H,7,10-12,15-18,21-24,36H2,1H3/t26-,28-/m0/s1. The number of benzene rings is 3. The molecule has 254 valence electrons. The van der Waals surface area contributed by atoms with Gasteiger partial charge in [0.1, 0.15) is 18.1 Å². The lowest BCUT2D eigenvalue weighted by atomic mass is 9.84. The first kappa shape index (κ1) is 33.9. The van der Waals surface area contributed by atoms with Crippen molar-refractivity contribution in [2.75, 3.05) is 33.4 Å². The summed E-state index contributed by atoms with van der Waals surface area (Å²) in [6.45, 7) is 1.81. The van der Waals surface area contributed by atoms with Gasteiger partial charge in [0.25, 0.3) is 0 Å². The van der Waals surface area contributed by atoms with Crippen LogP contribution in [0.1, 0.15) is 50.5 Å². The molecule has 1 spiro atoms. The molecule has 1 aliphatic carbocycles. The van der Waals surface area contributed by atoms with E-state index in [1.165, 1.54) is 6.07 Å². The molecule has 3 aromatic rings. The lowest BCUT2D eigenvalue weighted by Gasteiger charge is -2.38. The van der Waals surface area contributed by atoms with Gasteiger partial charge in [-0.25, -0.2) is 16.8 Å². The Bertz CT molecular complexity index is 1770. The average molecular weight is 685 g/mol. The summed E-state index contributed by atoms with van der Waals surface area (Å²) in [6, 6.07) is 19.2. The number of aliphatic hydroxyl groups is 1. The van der Waals surface area contributed by atoms with Crippen molar-refractivity contribution >= 4 is 19.9 Å². The Hall–Kier alpha value is -3.00. The van der Waals surface area contributed by atoms with Crippen molar-refractivity contribution in [3.63, 3.8) is 0 Å². The first-order valence-corrected chi connectivity index (χ1v) is 19.3. The molecule has 1 saturated carbocycles. The third-order valence-electron chi connectivity index (χ3n) is 9.68. The molecule has 2 aliphatic heterocycles. The first-order chi connectivity index (χ1) is 22.5. The van der Waals surface area contributed by atoms with Crippen LogP contribution in [-0.2, 0) is 31.1 Å². The highest BCUT2D eigenvalue weighted by molar-refractivity contribution is 7.92. The zero-order chi connectivity index (χ0) is 33.2. The Morgan fingerprint density at radius 2 is 1.74 bits per heavy atom. The summed E-state index contributed by atoms with van der Waals surface area (Å²) < 4.78 is 71.7. The Labute approximate surface area is 277 Å². The fourth-order valence-corrected chi connectivity index (χ4v) is 9.82. The van der Waals surface area contributed by atoms with E-state index < -0.39 is 26.0 Å². The summed E-state index contributed by atoms with van der Waals surface area (Å²) in [7, 11) is -5.47. The number of nitrogens with zero attached hydrogens (tertiary/aromatic N) is 1. The van der Waals surface area contributed by atoms with Gasteiger partial charge < -0.3 is 25.1 Å². The van der Waals surface area contributed by atoms with Gasteiger partial charge in [0.05, 0.1) is 40.5 Å². The van der Waals surface area contributed by atoms with Crippen molar-refractivity contribution in [3.8, 4) is 22.6 Å². The first-order valence-electron chi connectivity index (χ1n) is 16.3. The van der Waals surface area contributed by atoms with E-state index in [2.05, 4.69) is 0 Å². The molecule has 2 saturated heterocycles. The molecule has 3 aliphatic rings. The van der Waals surface area contributed by atoms with Crippen LogP contribution in [0.5, 0.6) is 11.5 Å². The molecule has 3 fully saturated rings. The van der Waals surface area contributed by atoms with Crippen LogP contribution in [0, 0.1) is 5.92 Å². The van der Waals surface area contributed by atoms with Crippen molar-refractivity contribution in [2.45, 2.75) is 78.2 Å². The van der Waals surface area contributed by atoms with E-state index in [0.717, 1.165) is 24.0 Å². The number of hydrogen-bond donors (Lipinski definition) is 2. The van der Waals surface area contributed by atoms with E-state index >= 15 is 0 Å². The van der Waals surface area contributed by atoms with Crippen LogP contribution in [-0.4, -0.2) is 76.6 Å². The molecular weight excluding hydrogens is 641 g/mol. The molecule has 3 aromatic carbocycles. The summed E-state index contributed by atoms with van der Waals surface area (Å²) in [5.74, 6) is 1.29. The zero-order valence-corrected chi connectivity index (χ0v) is 28.3. The molecule has 2 atom stereocenters. The molecule has 12 heteroatoms. The van der Waals surface area contributed by atoms with E-state index in [1.54, 1.807) is 47.8 Å². The topological polar surface area (TPSA) is 145 Å². The normalized spacial score (nSPS) is 20.7. The SMILES string of the molecule is COc1ccc(S(=O)(=O)N2CCC3(CC2)C[C@H](CC[C@H](O)COc2cccc(S(=O)(=O)C4CC4)c2)CO3)cc1-c1ccc(CN)cc1. The van der Waals surface area contributed by atoms with Gasteiger partial charge in [0, 0.05) is 25.2 Å². The lowest BCUT2D eigenvalue weighted by Crippen LogP contribution is -2.46. The quantitative estimate of drug-likeness (QED) is 0.265. The number of piperidine rings is 1. The largest absolute Gasteiger partial charge is 0.496 e. The second kappa shape index (κ2) is 13.9. The maximum atomic E-state index is 13.7. The molecule has 2 heterocycles. The van der Waals surface area contributed by atoms with Crippen LogP contribution in [0.4, 0.5) is 0 Å². The fraction of sp³-hybridized carbons (Fsp3) is 0.486. The van der Waals surface area contributed by atoms with Gasteiger partial charge in [0.15, 0.2) is 9.84 Å². The Kier molecular flexibility index (Phi) is 9.99. The molecule has 10 nitrogen and oxygen atoms in total. The van der Waals surface area contributed by atoms with Gasteiger partial charge in [-0.3, -0.25) is 0 Å². The summed E-state index contributed by atoms with van der Waals surface area (Å²) in [6.07, 6.45) is 4.02. The smallest absolute Gasteiger partial charge is 0.243 e. The zero-order valence-electron chi connectivity index (χ0n) is 26.7. The van der Waals surface area contributed by atoms with E-state index in [9.17, 15) is 21.9 Å². The summed E-state index contributed by atoms with van der Waals surface area (Å²) in [5, 5.41) is 10.3. The van der Waals surface area contributed by atoms with Gasteiger partial charge in [-0.2, -0.15) is 4.31 Å². The predicted octanol–water partition coefficient (Wildman–Crippen LogP) is 4.54. The highest BCUT2D eigenvalue weighted by Crippen LogP contribution is 2.42. The summed E-state index contributed by atoms with van der Waals surface area (Å²) in [5.41, 5.74) is 7.92. The van der Waals surface area contributed by atoms with Gasteiger partial charge in [0.2, 0.25) is 10.0 Å². The molecule has 3 N–H and O–H groups in total. The third-order valence-corrected chi connectivity index (χ3v) is 13.8. The molecule has 0 unspecified atom stereocenters. The van der Waals surface area contributed by atoms with Crippen molar-refractivity contribution in [3.05, 3.63) is 72.3 Å². The highest BCUT2D eigenvalue weighted by atomic mass is 32.2. The molecule has 0 aromatic heterocycles. The van der Waals surface area contributed by atoms with Gasteiger partial charge in [-0.15, -0.1) is 0 Å². The minimum absolute atomic E-state index is 0.0740. The highest BCUT2D eigenvalue weighted by Gasteiger charge is 2.44. The van der Waals surface area contributed by atoms with Crippen LogP contribution in [0.3, 0.4) is 0 Å². The van der Waals surface area contributed by atoms with Crippen molar-refractivity contribution < 1.29 is 36.2 Å². The van der Waals surface area contributed by atoms with E-state index in [4.69, 9.17) is 19.9 Å². The van der Waals surface area contributed by atoms with Crippen molar-refractivity contribution in [1.82, 2.24) is 4.31 Å². The second-order valence-electron chi connectivity index (χ2n) is 13.0. The molecule has 47 heavy (non-hydrogen) atoms. The van der Waals surface area contributed by atoms with Crippen LogP contribution in [0.15, 0.2) is 76.5 Å². The van der Waals surface area contributed by atoms with Crippen LogP contribution < -0.4 is 15.2 Å². The molecule has 6 rings (SSSR count). The van der Waals surface area contributed by atoms with E-state index in [1.807, 2.05) is 24.3 Å². The predicted molar refractivity (Wildman–Crippen MR) is 178 cm³/mol. The Balaban J connectivity index is 0.999. The minimum Gasteiger partial charge on any atom is -0.496 e. The number of methoxy groups -OCH3 is 1. The number of nitrogens with two attached hydrogens (primary N) is 1. The molecular formula is C35H44N2O8S2. The number of aliphatic hydroxyl groups excluding tert-OH is 1. The number of ether oxygens (including phenoxy) is 3. The summed E-state index contributed by atoms with van der Waals surface area (Å²) in [4.78, 5) is 0.492. The van der Waals surface area contributed by atoms with Crippen molar-refractivity contribution in [1.29, 1.82) is 0 Å². The van der Waals surface area contributed by atoms with Gasteiger partial charge in [-0.1, -0.05) is 30.3 Å². The Morgan fingerprint density at radius 1 is 1.00 bits per heavy atom. The number of sulfone groups is 1. The van der Waals surface area contributed by atoms with E-state index in [-0.39, 0.29) is 33.2 Å². The number of hydrogen-bond acceptors (Lipinski definition) is 9. The van der Waals surface area contributed by atoms with Crippen molar-refractivity contribution in [2.24, 2.45) is 11.7 Å². The lowest BCUT2D eigenvalue weighted by molar-refractivity contribution is -0.0314. The molecule has 0 amide bonds.